The summed E-state index contributed by atoms with van der Waals surface area (Å²) in [6.07, 6.45) is 2.63. The molecule has 0 aromatic carbocycles. The third kappa shape index (κ3) is 2.22. The van der Waals surface area contributed by atoms with E-state index < -0.39 is 0 Å². The van der Waals surface area contributed by atoms with Gasteiger partial charge < -0.3 is 5.73 Å². The van der Waals surface area contributed by atoms with Crippen LogP contribution in [0, 0.1) is 6.92 Å². The van der Waals surface area contributed by atoms with Crippen LogP contribution in [0.1, 0.15) is 11.3 Å². The van der Waals surface area contributed by atoms with Crippen LogP contribution in [-0.4, -0.2) is 16.5 Å². The van der Waals surface area contributed by atoms with Gasteiger partial charge in [0.15, 0.2) is 0 Å². The van der Waals surface area contributed by atoms with Crippen molar-refractivity contribution in [3.8, 4) is 10.7 Å². The molecule has 0 aliphatic carbocycles. The number of aromatic nitrogens is 2. The number of aryl methyl sites for hydroxylation is 1. The van der Waals surface area contributed by atoms with E-state index in [9.17, 15) is 0 Å². The predicted octanol–water partition coefficient (Wildman–Crippen LogP) is 2.01. The summed E-state index contributed by atoms with van der Waals surface area (Å²) in [7, 11) is 0. The number of nitrogens with zero attached hydrogens (tertiary/aromatic N) is 2. The van der Waals surface area contributed by atoms with Crippen molar-refractivity contribution in [3.05, 3.63) is 35.0 Å². The second-order valence-electron chi connectivity index (χ2n) is 3.35. The fraction of sp³-hybridized carbons (Fsp3) is 0.273. The SMILES string of the molecule is Cc1cccnc1-c1nc(CCN)cs1. The van der Waals surface area contributed by atoms with Gasteiger partial charge in [-0.05, 0) is 25.1 Å². The molecule has 0 aliphatic heterocycles. The molecule has 2 N–H and O–H groups in total. The average Bonchev–Trinajstić information content (AvgIpc) is 2.68. The molecule has 0 saturated heterocycles. The summed E-state index contributed by atoms with van der Waals surface area (Å²) in [6, 6.07) is 3.99. The van der Waals surface area contributed by atoms with Crippen LogP contribution in [0.15, 0.2) is 23.7 Å². The van der Waals surface area contributed by atoms with Crippen LogP contribution in [-0.2, 0) is 6.42 Å². The van der Waals surface area contributed by atoms with Crippen molar-refractivity contribution >= 4 is 11.3 Å². The minimum absolute atomic E-state index is 0.643. The van der Waals surface area contributed by atoms with E-state index in [0.717, 1.165) is 28.4 Å². The molecule has 0 atom stereocenters. The van der Waals surface area contributed by atoms with Crippen molar-refractivity contribution in [2.75, 3.05) is 6.54 Å². The van der Waals surface area contributed by atoms with E-state index >= 15 is 0 Å². The smallest absolute Gasteiger partial charge is 0.142 e. The quantitative estimate of drug-likeness (QED) is 0.859. The third-order valence-electron chi connectivity index (χ3n) is 2.16. The van der Waals surface area contributed by atoms with Crippen molar-refractivity contribution < 1.29 is 0 Å². The van der Waals surface area contributed by atoms with Gasteiger partial charge in [0, 0.05) is 18.0 Å². The normalized spacial score (nSPS) is 10.5. The topological polar surface area (TPSA) is 51.8 Å². The van der Waals surface area contributed by atoms with Gasteiger partial charge in [-0.1, -0.05) is 6.07 Å². The Labute approximate surface area is 93.0 Å². The highest BCUT2D eigenvalue weighted by Gasteiger charge is 2.07. The zero-order valence-corrected chi connectivity index (χ0v) is 9.42. The Morgan fingerprint density at radius 2 is 2.33 bits per heavy atom. The first kappa shape index (κ1) is 10.3. The van der Waals surface area contributed by atoms with E-state index in [2.05, 4.69) is 15.3 Å². The number of rotatable bonds is 3. The first-order chi connectivity index (χ1) is 7.31. The Kier molecular flexibility index (Phi) is 3.08. The third-order valence-corrected chi connectivity index (χ3v) is 3.06. The lowest BCUT2D eigenvalue weighted by Gasteiger charge is -1.98. The van der Waals surface area contributed by atoms with E-state index in [-0.39, 0.29) is 0 Å². The van der Waals surface area contributed by atoms with Crippen LogP contribution in [0.2, 0.25) is 0 Å². The lowest BCUT2D eigenvalue weighted by atomic mass is 10.2. The van der Waals surface area contributed by atoms with Crippen LogP contribution in [0.4, 0.5) is 0 Å². The lowest BCUT2D eigenvalue weighted by molar-refractivity contribution is 0.935. The monoisotopic (exact) mass is 219 g/mol. The van der Waals surface area contributed by atoms with Crippen molar-refractivity contribution in [1.82, 2.24) is 9.97 Å². The van der Waals surface area contributed by atoms with E-state index in [0.29, 0.717) is 6.54 Å². The number of nitrogens with two attached hydrogens (primary N) is 1. The maximum Gasteiger partial charge on any atom is 0.142 e. The lowest BCUT2D eigenvalue weighted by Crippen LogP contribution is -2.02. The Balaban J connectivity index is 2.33. The maximum atomic E-state index is 5.49. The summed E-state index contributed by atoms with van der Waals surface area (Å²) in [5, 5.41) is 3.03. The summed E-state index contributed by atoms with van der Waals surface area (Å²) >= 11 is 1.63. The Morgan fingerprint density at radius 3 is 3.07 bits per heavy atom. The van der Waals surface area contributed by atoms with Crippen molar-refractivity contribution in [2.45, 2.75) is 13.3 Å². The van der Waals surface area contributed by atoms with E-state index in [1.807, 2.05) is 19.1 Å². The molecular weight excluding hydrogens is 206 g/mol. The van der Waals surface area contributed by atoms with Gasteiger partial charge in [-0.3, -0.25) is 4.98 Å². The van der Waals surface area contributed by atoms with Gasteiger partial charge in [0.1, 0.15) is 10.7 Å². The molecule has 0 unspecified atom stereocenters. The van der Waals surface area contributed by atoms with E-state index in [1.54, 1.807) is 17.5 Å². The Hall–Kier alpha value is -1.26. The molecule has 0 bridgehead atoms. The summed E-state index contributed by atoms with van der Waals surface area (Å²) in [4.78, 5) is 8.85. The summed E-state index contributed by atoms with van der Waals surface area (Å²) in [6.45, 7) is 2.69. The molecule has 2 aromatic rings. The number of pyridine rings is 1. The minimum atomic E-state index is 0.643. The van der Waals surface area contributed by atoms with Crippen LogP contribution >= 0.6 is 11.3 Å². The van der Waals surface area contributed by atoms with Crippen molar-refractivity contribution in [2.24, 2.45) is 5.73 Å². The second kappa shape index (κ2) is 4.51. The molecule has 0 radical (unpaired) electrons. The molecule has 2 heterocycles. The minimum Gasteiger partial charge on any atom is -0.330 e. The molecule has 0 aliphatic rings. The van der Waals surface area contributed by atoms with Gasteiger partial charge in [0.25, 0.3) is 0 Å². The standard InChI is InChI=1S/C11H13N3S/c1-8-3-2-6-13-10(8)11-14-9(4-5-12)7-15-11/h2-3,6-7H,4-5,12H2,1H3. The highest BCUT2D eigenvalue weighted by Crippen LogP contribution is 2.24. The second-order valence-corrected chi connectivity index (χ2v) is 4.21. The zero-order valence-electron chi connectivity index (χ0n) is 8.60. The van der Waals surface area contributed by atoms with Gasteiger partial charge in [-0.2, -0.15) is 0 Å². The molecule has 0 spiro atoms. The van der Waals surface area contributed by atoms with Gasteiger partial charge >= 0.3 is 0 Å². The average molecular weight is 219 g/mol. The van der Waals surface area contributed by atoms with Gasteiger partial charge in [0.05, 0.1) is 5.69 Å². The number of hydrogen-bond acceptors (Lipinski definition) is 4. The first-order valence-electron chi connectivity index (χ1n) is 4.87. The van der Waals surface area contributed by atoms with Crippen LogP contribution in [0.25, 0.3) is 10.7 Å². The number of thiazole rings is 1. The fourth-order valence-electron chi connectivity index (χ4n) is 1.39. The fourth-order valence-corrected chi connectivity index (χ4v) is 2.30. The van der Waals surface area contributed by atoms with Crippen LogP contribution < -0.4 is 5.73 Å². The zero-order chi connectivity index (χ0) is 10.7. The Bertz CT molecular complexity index is 451. The molecule has 0 fully saturated rings. The maximum absolute atomic E-state index is 5.49. The predicted molar refractivity (Wildman–Crippen MR) is 62.8 cm³/mol. The molecule has 3 nitrogen and oxygen atoms in total. The van der Waals surface area contributed by atoms with Crippen LogP contribution in [0.5, 0.6) is 0 Å². The van der Waals surface area contributed by atoms with Gasteiger partial charge in [0.2, 0.25) is 0 Å². The summed E-state index contributed by atoms with van der Waals surface area (Å²) in [5.74, 6) is 0. The van der Waals surface area contributed by atoms with Gasteiger partial charge in [-0.15, -0.1) is 11.3 Å². The molecule has 78 valence electrons. The van der Waals surface area contributed by atoms with E-state index in [4.69, 9.17) is 5.73 Å². The summed E-state index contributed by atoms with van der Waals surface area (Å²) in [5.41, 5.74) is 8.68. The van der Waals surface area contributed by atoms with Crippen molar-refractivity contribution in [3.63, 3.8) is 0 Å². The van der Waals surface area contributed by atoms with Crippen LogP contribution in [0.3, 0.4) is 0 Å². The molecule has 0 saturated carbocycles. The molecule has 2 aromatic heterocycles. The number of hydrogen-bond donors (Lipinski definition) is 1. The largest absolute Gasteiger partial charge is 0.330 e. The molecule has 2 rings (SSSR count). The Morgan fingerprint density at radius 1 is 1.47 bits per heavy atom. The molecule has 0 amide bonds. The highest BCUT2D eigenvalue weighted by atomic mass is 32.1. The molecular formula is C11H13N3S. The van der Waals surface area contributed by atoms with E-state index in [1.165, 1.54) is 0 Å². The van der Waals surface area contributed by atoms with Gasteiger partial charge in [-0.25, -0.2) is 4.98 Å². The first-order valence-corrected chi connectivity index (χ1v) is 5.75. The molecule has 15 heavy (non-hydrogen) atoms. The molecule has 4 heteroatoms. The highest BCUT2D eigenvalue weighted by molar-refractivity contribution is 7.13. The summed E-state index contributed by atoms with van der Waals surface area (Å²) < 4.78 is 0. The van der Waals surface area contributed by atoms with Crippen molar-refractivity contribution in [1.29, 1.82) is 0 Å².